The summed E-state index contributed by atoms with van der Waals surface area (Å²) in [6, 6.07) is 100.0. The van der Waals surface area contributed by atoms with Crippen LogP contribution in [0.4, 0.5) is 17.1 Å². The molecule has 1 aliphatic carbocycles. The molecule has 0 radical (unpaired) electrons. The van der Waals surface area contributed by atoms with E-state index in [1.165, 1.54) is 88.7 Å². The molecule has 0 spiro atoms. The van der Waals surface area contributed by atoms with Crippen LogP contribution < -0.4 is 4.90 Å². The highest BCUT2D eigenvalue weighted by Gasteiger charge is 2.46. The van der Waals surface area contributed by atoms with Gasteiger partial charge in [0.15, 0.2) is 0 Å². The van der Waals surface area contributed by atoms with Gasteiger partial charge in [0.25, 0.3) is 0 Å². The Morgan fingerprint density at radius 1 is 0.227 bits per heavy atom. The van der Waals surface area contributed by atoms with Crippen LogP contribution in [0, 0.1) is 0 Å². The molecule has 0 unspecified atom stereocenters. The summed E-state index contributed by atoms with van der Waals surface area (Å²) >= 11 is 0. The fourth-order valence-electron chi connectivity index (χ4n) is 10.4. The molecule has 1 nitrogen and oxygen atoms in total. The van der Waals surface area contributed by atoms with E-state index in [0.29, 0.717) is 0 Å². The molecule has 0 fully saturated rings. The van der Waals surface area contributed by atoms with Gasteiger partial charge in [0.1, 0.15) is 0 Å². The van der Waals surface area contributed by atoms with Crippen molar-refractivity contribution < 1.29 is 0 Å². The molecule has 0 aromatic heterocycles. The summed E-state index contributed by atoms with van der Waals surface area (Å²) < 4.78 is 0. The predicted molar refractivity (Wildman–Crippen MR) is 278 cm³/mol. The maximum atomic E-state index is 2.45. The molecule has 0 N–H and O–H groups in total. The van der Waals surface area contributed by atoms with Crippen molar-refractivity contribution in [1.82, 2.24) is 0 Å². The highest BCUT2D eigenvalue weighted by Crippen LogP contribution is 2.57. The molecule has 1 heteroatoms. The van der Waals surface area contributed by atoms with Gasteiger partial charge in [-0.15, -0.1) is 0 Å². The Labute approximate surface area is 387 Å². The molecule has 66 heavy (non-hydrogen) atoms. The summed E-state index contributed by atoms with van der Waals surface area (Å²) in [7, 11) is 0. The SMILES string of the molecule is c1ccc(-c2cccc(N(c3ccc(-c4ccc(-c5cccc(-c6ccc7ccccc7c6)c5)cc4)cc3)c3ccc4c(c3)C(c3ccccc3)(c3ccccc3)c3ccccc3-4)c2)cc1. The molecule has 0 bridgehead atoms. The molecule has 0 saturated heterocycles. The van der Waals surface area contributed by atoms with Gasteiger partial charge < -0.3 is 4.90 Å². The van der Waals surface area contributed by atoms with Crippen LogP contribution in [0.25, 0.3) is 66.4 Å². The van der Waals surface area contributed by atoms with Crippen molar-refractivity contribution in [2.45, 2.75) is 5.41 Å². The summed E-state index contributed by atoms with van der Waals surface area (Å²) in [5, 5.41) is 2.51. The van der Waals surface area contributed by atoms with Crippen LogP contribution in [-0.4, -0.2) is 0 Å². The third-order valence-electron chi connectivity index (χ3n) is 13.5. The first-order valence-electron chi connectivity index (χ1n) is 22.8. The summed E-state index contributed by atoms with van der Waals surface area (Å²) in [6.07, 6.45) is 0. The average Bonchev–Trinajstić information content (AvgIpc) is 3.70. The molecule has 0 atom stereocenters. The summed E-state index contributed by atoms with van der Waals surface area (Å²) in [4.78, 5) is 2.42. The van der Waals surface area contributed by atoms with Crippen LogP contribution >= 0.6 is 0 Å². The van der Waals surface area contributed by atoms with Gasteiger partial charge in [0, 0.05) is 17.1 Å². The number of hydrogen-bond acceptors (Lipinski definition) is 1. The number of hydrogen-bond donors (Lipinski definition) is 0. The zero-order valence-electron chi connectivity index (χ0n) is 36.4. The van der Waals surface area contributed by atoms with Crippen LogP contribution in [0.5, 0.6) is 0 Å². The molecule has 0 heterocycles. The molecule has 12 rings (SSSR count). The minimum atomic E-state index is -0.504. The Morgan fingerprint density at radius 3 is 1.36 bits per heavy atom. The zero-order chi connectivity index (χ0) is 43.9. The lowest BCUT2D eigenvalue weighted by Crippen LogP contribution is -2.28. The fraction of sp³-hybridized carbons (Fsp3) is 0.0154. The standard InChI is InChI=1S/C65H45N/c1-4-16-46(17-5-1)54-22-15-27-59(44-54)66(60-40-41-62-61-28-12-13-29-63(61)65(64(62)45-60,56-23-6-2-7-24-56)57-25-8-3-9-26-57)58-38-36-49(37-39-58)48-30-32-50(33-31-48)52-20-14-21-53(42-52)55-35-34-47-18-10-11-19-51(47)43-55/h1-45H. The number of benzene rings is 11. The van der Waals surface area contributed by atoms with E-state index in [-0.39, 0.29) is 0 Å². The van der Waals surface area contributed by atoms with Gasteiger partial charge in [-0.25, -0.2) is 0 Å². The highest BCUT2D eigenvalue weighted by atomic mass is 15.1. The third kappa shape index (κ3) is 6.81. The fourth-order valence-corrected chi connectivity index (χ4v) is 10.4. The first-order chi connectivity index (χ1) is 32.7. The van der Waals surface area contributed by atoms with E-state index in [1.54, 1.807) is 0 Å². The molecular formula is C65H45N. The molecule has 11 aromatic rings. The highest BCUT2D eigenvalue weighted by molar-refractivity contribution is 5.91. The van der Waals surface area contributed by atoms with Crippen LogP contribution in [0.15, 0.2) is 273 Å². The quantitative estimate of drug-likeness (QED) is 0.140. The Bertz CT molecular complexity index is 3460. The topological polar surface area (TPSA) is 3.24 Å². The first-order valence-corrected chi connectivity index (χ1v) is 22.8. The van der Waals surface area contributed by atoms with Gasteiger partial charge >= 0.3 is 0 Å². The van der Waals surface area contributed by atoms with Gasteiger partial charge in [0.05, 0.1) is 5.41 Å². The monoisotopic (exact) mass is 839 g/mol. The number of nitrogens with zero attached hydrogens (tertiary/aromatic N) is 1. The molecule has 1 aliphatic rings. The average molecular weight is 840 g/mol. The zero-order valence-corrected chi connectivity index (χ0v) is 36.4. The van der Waals surface area contributed by atoms with Gasteiger partial charge in [0.2, 0.25) is 0 Å². The maximum absolute atomic E-state index is 2.45. The molecule has 0 amide bonds. The molecule has 0 saturated carbocycles. The number of fused-ring (bicyclic) bond motifs is 4. The lowest BCUT2D eigenvalue weighted by molar-refractivity contribution is 0.768. The predicted octanol–water partition coefficient (Wildman–Crippen LogP) is 17.3. The second-order valence-corrected chi connectivity index (χ2v) is 17.3. The Morgan fingerprint density at radius 2 is 0.667 bits per heavy atom. The van der Waals surface area contributed by atoms with Crippen molar-refractivity contribution in [2.75, 3.05) is 4.90 Å². The van der Waals surface area contributed by atoms with Crippen molar-refractivity contribution in [2.24, 2.45) is 0 Å². The van der Waals surface area contributed by atoms with Gasteiger partial charge in [-0.3, -0.25) is 0 Å². The van der Waals surface area contributed by atoms with E-state index < -0.39 is 5.41 Å². The summed E-state index contributed by atoms with van der Waals surface area (Å²) in [5.74, 6) is 0. The lowest BCUT2D eigenvalue weighted by atomic mass is 9.67. The van der Waals surface area contributed by atoms with E-state index in [1.807, 2.05) is 0 Å². The first kappa shape index (κ1) is 39.1. The minimum Gasteiger partial charge on any atom is -0.310 e. The third-order valence-corrected chi connectivity index (χ3v) is 13.5. The Balaban J connectivity index is 0.941. The number of anilines is 3. The molecular weight excluding hydrogens is 795 g/mol. The minimum absolute atomic E-state index is 0.504. The molecule has 310 valence electrons. The van der Waals surface area contributed by atoms with E-state index in [2.05, 4.69) is 278 Å². The van der Waals surface area contributed by atoms with E-state index in [4.69, 9.17) is 0 Å². The van der Waals surface area contributed by atoms with Crippen molar-refractivity contribution in [1.29, 1.82) is 0 Å². The van der Waals surface area contributed by atoms with E-state index in [9.17, 15) is 0 Å². The smallest absolute Gasteiger partial charge is 0.0714 e. The van der Waals surface area contributed by atoms with Crippen molar-refractivity contribution >= 4 is 27.8 Å². The normalized spacial score (nSPS) is 12.4. The Kier molecular flexibility index (Phi) is 9.81. The maximum Gasteiger partial charge on any atom is 0.0714 e. The van der Waals surface area contributed by atoms with Gasteiger partial charge in [-0.1, -0.05) is 224 Å². The van der Waals surface area contributed by atoms with Gasteiger partial charge in [-0.2, -0.15) is 0 Å². The van der Waals surface area contributed by atoms with Crippen molar-refractivity contribution in [3.8, 4) is 55.6 Å². The van der Waals surface area contributed by atoms with Crippen LogP contribution in [0.3, 0.4) is 0 Å². The summed E-state index contributed by atoms with van der Waals surface area (Å²) in [5.41, 5.74) is 20.0. The Hall–Kier alpha value is -8.52. The second kappa shape index (κ2) is 16.6. The van der Waals surface area contributed by atoms with E-state index >= 15 is 0 Å². The van der Waals surface area contributed by atoms with Crippen LogP contribution in [0.2, 0.25) is 0 Å². The van der Waals surface area contributed by atoms with E-state index in [0.717, 1.165) is 17.1 Å². The second-order valence-electron chi connectivity index (χ2n) is 17.3. The van der Waals surface area contributed by atoms with Crippen LogP contribution in [-0.2, 0) is 5.41 Å². The number of rotatable bonds is 9. The molecule has 11 aromatic carbocycles. The van der Waals surface area contributed by atoms with Crippen molar-refractivity contribution in [3.05, 3.63) is 295 Å². The summed E-state index contributed by atoms with van der Waals surface area (Å²) in [6.45, 7) is 0. The largest absolute Gasteiger partial charge is 0.310 e. The van der Waals surface area contributed by atoms with Crippen molar-refractivity contribution in [3.63, 3.8) is 0 Å². The van der Waals surface area contributed by atoms with Gasteiger partial charge in [-0.05, 0) is 137 Å². The molecule has 0 aliphatic heterocycles. The lowest BCUT2D eigenvalue weighted by Gasteiger charge is -2.35. The van der Waals surface area contributed by atoms with Crippen LogP contribution in [0.1, 0.15) is 22.3 Å².